The van der Waals surface area contributed by atoms with Crippen molar-refractivity contribution in [3.05, 3.63) is 77.2 Å². The second-order valence-electron chi connectivity index (χ2n) is 7.90. The summed E-state index contributed by atoms with van der Waals surface area (Å²) in [6.45, 7) is 1.52. The van der Waals surface area contributed by atoms with E-state index in [4.69, 9.17) is 10.00 Å². The number of hydrogen-bond donors (Lipinski definition) is 1. The molecule has 0 spiro atoms. The molecule has 1 fully saturated rings. The number of carbonyl (C=O) groups is 1. The summed E-state index contributed by atoms with van der Waals surface area (Å²) in [5, 5.41) is 11.0. The van der Waals surface area contributed by atoms with Gasteiger partial charge in [-0.15, -0.1) is 0 Å². The molecule has 1 saturated heterocycles. The van der Waals surface area contributed by atoms with E-state index in [0.717, 1.165) is 11.6 Å². The third-order valence-electron chi connectivity index (χ3n) is 5.56. The average Bonchev–Trinajstić information content (AvgIpc) is 2.87. The van der Waals surface area contributed by atoms with Gasteiger partial charge in [-0.25, -0.2) is 9.97 Å². The molecule has 35 heavy (non-hydrogen) atoms. The Morgan fingerprint density at radius 1 is 1.11 bits per heavy atom. The summed E-state index contributed by atoms with van der Waals surface area (Å²) in [6, 6.07) is 14.5. The van der Waals surface area contributed by atoms with Gasteiger partial charge in [0, 0.05) is 42.5 Å². The molecule has 1 N–H and O–H groups in total. The molecule has 2 aromatic carbocycles. The predicted octanol–water partition coefficient (Wildman–Crippen LogP) is 3.84. The first-order valence-corrected chi connectivity index (χ1v) is 11.0. The first-order chi connectivity index (χ1) is 16.8. The van der Waals surface area contributed by atoms with Gasteiger partial charge in [0.05, 0.1) is 30.5 Å². The minimum absolute atomic E-state index is 0.0840. The molecule has 4 rings (SSSR count). The largest absolute Gasteiger partial charge is 0.418 e. The number of nitrogens with one attached hydrogen (secondary N) is 1. The Balaban J connectivity index is 1.54. The van der Waals surface area contributed by atoms with Crippen LogP contribution < -0.4 is 10.2 Å². The topological polar surface area (TPSA) is 91.1 Å². The van der Waals surface area contributed by atoms with E-state index >= 15 is 0 Å². The summed E-state index contributed by atoms with van der Waals surface area (Å²) in [5.41, 5.74) is 1.63. The summed E-state index contributed by atoms with van der Waals surface area (Å²) in [5.74, 6) is 0.0214. The second-order valence-corrected chi connectivity index (χ2v) is 7.90. The molecule has 0 aliphatic carbocycles. The number of carbonyl (C=O) groups excluding carboxylic acids is 1. The van der Waals surface area contributed by atoms with Crippen molar-refractivity contribution in [2.45, 2.75) is 12.6 Å². The van der Waals surface area contributed by atoms with Crippen LogP contribution in [0.25, 0.3) is 11.3 Å². The van der Waals surface area contributed by atoms with E-state index in [1.807, 2.05) is 6.07 Å². The highest BCUT2D eigenvalue weighted by Gasteiger charge is 2.35. The Morgan fingerprint density at radius 3 is 2.54 bits per heavy atom. The monoisotopic (exact) mass is 481 g/mol. The fourth-order valence-electron chi connectivity index (χ4n) is 3.84. The molecular weight excluding hydrogens is 459 g/mol. The summed E-state index contributed by atoms with van der Waals surface area (Å²) < 4.78 is 46.8. The van der Waals surface area contributed by atoms with Gasteiger partial charge in [0.2, 0.25) is 0 Å². The van der Waals surface area contributed by atoms with Crippen molar-refractivity contribution < 1.29 is 22.7 Å². The van der Waals surface area contributed by atoms with Gasteiger partial charge in [0.1, 0.15) is 12.4 Å². The molecule has 0 radical (unpaired) electrons. The third kappa shape index (κ3) is 5.94. The van der Waals surface area contributed by atoms with Gasteiger partial charge in [-0.3, -0.25) is 4.79 Å². The van der Waals surface area contributed by atoms with E-state index in [9.17, 15) is 18.0 Å². The summed E-state index contributed by atoms with van der Waals surface area (Å²) in [7, 11) is 0. The van der Waals surface area contributed by atoms with E-state index < -0.39 is 11.7 Å². The highest BCUT2D eigenvalue weighted by atomic mass is 19.4. The van der Waals surface area contributed by atoms with E-state index in [-0.39, 0.29) is 24.6 Å². The van der Waals surface area contributed by atoms with Gasteiger partial charge in [-0.2, -0.15) is 18.4 Å². The number of halogens is 3. The van der Waals surface area contributed by atoms with Crippen LogP contribution in [-0.4, -0.2) is 48.7 Å². The Bertz CT molecular complexity index is 1230. The van der Waals surface area contributed by atoms with E-state index in [1.54, 1.807) is 47.5 Å². The van der Waals surface area contributed by atoms with Crippen LogP contribution in [0.4, 0.5) is 18.9 Å². The second kappa shape index (κ2) is 10.5. The minimum atomic E-state index is -4.49. The van der Waals surface area contributed by atoms with Crippen LogP contribution in [0.15, 0.2) is 54.7 Å². The van der Waals surface area contributed by atoms with Crippen LogP contribution in [0, 0.1) is 11.3 Å². The van der Waals surface area contributed by atoms with Gasteiger partial charge >= 0.3 is 6.18 Å². The van der Waals surface area contributed by atoms with Crippen molar-refractivity contribution >= 4 is 11.6 Å². The Hall–Kier alpha value is -3.97. The summed E-state index contributed by atoms with van der Waals surface area (Å²) in [4.78, 5) is 22.4. The Kier molecular flexibility index (Phi) is 7.27. The Morgan fingerprint density at radius 2 is 1.86 bits per heavy atom. The normalized spacial score (nSPS) is 13.8. The standard InChI is InChI=1S/C25H22F3N5O2/c26-25(27,28)20-15-17(1-6-22(20)33-11-13-35-14-12-33)16-23-30-9-7-21(32-23)18-2-4-19(5-3-18)24(34)31-10-8-29/h1-7,9,15H,10-14,16H2,(H,31,34). The summed E-state index contributed by atoms with van der Waals surface area (Å²) in [6.07, 6.45) is -2.80. The quantitative estimate of drug-likeness (QED) is 0.538. The van der Waals surface area contributed by atoms with E-state index in [1.165, 1.54) is 6.07 Å². The third-order valence-corrected chi connectivity index (χ3v) is 5.56. The Labute approximate surface area is 200 Å². The molecule has 1 aromatic heterocycles. The molecule has 3 aromatic rings. The highest BCUT2D eigenvalue weighted by molar-refractivity contribution is 5.94. The molecule has 10 heteroatoms. The van der Waals surface area contributed by atoms with Gasteiger partial charge in [-0.1, -0.05) is 18.2 Å². The molecule has 1 aliphatic rings. The number of rotatable bonds is 6. The van der Waals surface area contributed by atoms with Crippen molar-refractivity contribution in [1.29, 1.82) is 5.26 Å². The van der Waals surface area contributed by atoms with E-state index in [2.05, 4.69) is 15.3 Å². The zero-order valence-electron chi connectivity index (χ0n) is 18.7. The van der Waals surface area contributed by atoms with Crippen LogP contribution in [0.1, 0.15) is 27.3 Å². The predicted molar refractivity (Wildman–Crippen MR) is 123 cm³/mol. The number of morpholine rings is 1. The molecule has 1 amide bonds. The van der Waals surface area contributed by atoms with Gasteiger partial charge in [0.25, 0.3) is 5.91 Å². The SMILES string of the molecule is N#CCNC(=O)c1ccc(-c2ccnc(Cc3ccc(N4CCOCC4)c(C(F)(F)F)c3)n2)cc1. The average molecular weight is 481 g/mol. The van der Waals surface area contributed by atoms with Crippen LogP contribution in [0.5, 0.6) is 0 Å². The zero-order chi connectivity index (χ0) is 24.8. The lowest BCUT2D eigenvalue weighted by Gasteiger charge is -2.31. The first kappa shape index (κ1) is 24.2. The molecule has 7 nitrogen and oxygen atoms in total. The molecule has 0 atom stereocenters. The van der Waals surface area contributed by atoms with Gasteiger partial charge < -0.3 is 15.0 Å². The number of ether oxygens (including phenoxy) is 1. The maximum Gasteiger partial charge on any atom is 0.418 e. The lowest BCUT2D eigenvalue weighted by atomic mass is 10.0. The number of aromatic nitrogens is 2. The maximum absolute atomic E-state index is 13.8. The van der Waals surface area contributed by atoms with Crippen molar-refractivity contribution in [3.8, 4) is 17.3 Å². The van der Waals surface area contributed by atoms with Crippen molar-refractivity contribution in [2.75, 3.05) is 37.7 Å². The number of anilines is 1. The number of alkyl halides is 3. The lowest BCUT2D eigenvalue weighted by Crippen LogP contribution is -2.37. The number of amides is 1. The summed E-state index contributed by atoms with van der Waals surface area (Å²) >= 11 is 0. The molecule has 180 valence electrons. The maximum atomic E-state index is 13.8. The number of hydrogen-bond acceptors (Lipinski definition) is 6. The van der Waals surface area contributed by atoms with Crippen LogP contribution in [0.3, 0.4) is 0 Å². The molecule has 0 saturated carbocycles. The van der Waals surface area contributed by atoms with Crippen LogP contribution in [0.2, 0.25) is 0 Å². The smallest absolute Gasteiger partial charge is 0.378 e. The fourth-order valence-corrected chi connectivity index (χ4v) is 3.84. The molecule has 2 heterocycles. The van der Waals surface area contributed by atoms with Crippen molar-refractivity contribution in [3.63, 3.8) is 0 Å². The highest BCUT2D eigenvalue weighted by Crippen LogP contribution is 2.38. The molecular formula is C25H22F3N5O2. The van der Waals surface area contributed by atoms with Gasteiger partial charge in [-0.05, 0) is 35.9 Å². The van der Waals surface area contributed by atoms with Crippen LogP contribution >= 0.6 is 0 Å². The van der Waals surface area contributed by atoms with Crippen molar-refractivity contribution in [1.82, 2.24) is 15.3 Å². The molecule has 0 unspecified atom stereocenters. The first-order valence-electron chi connectivity index (χ1n) is 11.0. The minimum Gasteiger partial charge on any atom is -0.378 e. The molecule has 0 bridgehead atoms. The van der Waals surface area contributed by atoms with Gasteiger partial charge in [0.15, 0.2) is 0 Å². The number of nitriles is 1. The van der Waals surface area contributed by atoms with Crippen molar-refractivity contribution in [2.24, 2.45) is 0 Å². The van der Waals surface area contributed by atoms with E-state index in [0.29, 0.717) is 48.9 Å². The number of benzene rings is 2. The lowest BCUT2D eigenvalue weighted by molar-refractivity contribution is -0.137. The van der Waals surface area contributed by atoms with Crippen LogP contribution in [-0.2, 0) is 17.3 Å². The number of nitrogens with zero attached hydrogens (tertiary/aromatic N) is 4. The fraction of sp³-hybridized carbons (Fsp3) is 0.280. The zero-order valence-corrected chi connectivity index (χ0v) is 18.7. The molecule has 1 aliphatic heterocycles.